The number of Topliss-reactive ketones (excluding diaryl/α,β-unsaturated/α-hetero) is 1. The summed E-state index contributed by atoms with van der Waals surface area (Å²) in [4.78, 5) is 11.3. The summed E-state index contributed by atoms with van der Waals surface area (Å²) in [6.07, 6.45) is 0.718. The van der Waals surface area contributed by atoms with Gasteiger partial charge in [0.15, 0.2) is 5.78 Å². The van der Waals surface area contributed by atoms with E-state index in [0.29, 0.717) is 18.2 Å². The monoisotopic (exact) mass is 158 g/mol. The summed E-state index contributed by atoms with van der Waals surface area (Å²) in [5.41, 5.74) is 0. The van der Waals surface area contributed by atoms with E-state index >= 15 is 0 Å². The fourth-order valence-corrected chi connectivity index (χ4v) is 1.05. The smallest absolute Gasteiger partial charge is 0.187 e. The number of carbonyl (C=O) groups excluding carboxylic acids is 1. The van der Waals surface area contributed by atoms with Gasteiger partial charge in [0.1, 0.15) is 6.54 Å². The summed E-state index contributed by atoms with van der Waals surface area (Å²) >= 11 is 0. The van der Waals surface area contributed by atoms with Crippen LogP contribution in [0.1, 0.15) is 20.3 Å². The van der Waals surface area contributed by atoms with Crippen molar-refractivity contribution in [3.63, 3.8) is 0 Å². The van der Waals surface area contributed by atoms with Crippen LogP contribution in [0.15, 0.2) is 0 Å². The highest BCUT2D eigenvalue weighted by molar-refractivity contribution is 5.79. The van der Waals surface area contributed by atoms with Crippen LogP contribution in [0, 0.1) is 5.92 Å². The number of nitrogens with zero attached hydrogens (tertiary/aromatic N) is 1. The van der Waals surface area contributed by atoms with E-state index < -0.39 is 0 Å². The van der Waals surface area contributed by atoms with Gasteiger partial charge in [-0.2, -0.15) is 0 Å². The Balaban J connectivity index is 3.71. The first-order valence-corrected chi connectivity index (χ1v) is 4.13. The Morgan fingerprint density at radius 1 is 1.27 bits per heavy atom. The quantitative estimate of drug-likeness (QED) is 0.564. The van der Waals surface area contributed by atoms with E-state index in [2.05, 4.69) is 13.8 Å². The Morgan fingerprint density at radius 3 is 2.00 bits per heavy atom. The summed E-state index contributed by atoms with van der Waals surface area (Å²) in [7, 11) is 6.12. The molecule has 0 radical (unpaired) electrons. The lowest BCUT2D eigenvalue weighted by Gasteiger charge is -2.23. The van der Waals surface area contributed by atoms with Crippen molar-refractivity contribution < 1.29 is 9.28 Å². The summed E-state index contributed by atoms with van der Waals surface area (Å²) in [6, 6.07) is 0. The standard InChI is InChI=1S/C9H20NO/c1-8(2)6-9(11)7-10(3,4)5/h8H,6-7H2,1-5H3/q+1. The summed E-state index contributed by atoms with van der Waals surface area (Å²) < 4.78 is 0.742. The molecule has 0 fully saturated rings. The van der Waals surface area contributed by atoms with Crippen molar-refractivity contribution >= 4 is 5.78 Å². The molecular formula is C9H20NO+. The number of hydrogen-bond donors (Lipinski definition) is 0. The average molecular weight is 158 g/mol. The van der Waals surface area contributed by atoms with Gasteiger partial charge in [0.2, 0.25) is 0 Å². The molecule has 0 aliphatic heterocycles. The maximum Gasteiger partial charge on any atom is 0.187 e. The minimum absolute atomic E-state index is 0.368. The molecule has 2 nitrogen and oxygen atoms in total. The Bertz CT molecular complexity index is 133. The molecule has 0 amide bonds. The van der Waals surface area contributed by atoms with E-state index in [-0.39, 0.29) is 0 Å². The number of hydrogen-bond acceptors (Lipinski definition) is 1. The lowest BCUT2D eigenvalue weighted by molar-refractivity contribution is -0.862. The van der Waals surface area contributed by atoms with Gasteiger partial charge in [-0.15, -0.1) is 0 Å². The fourth-order valence-electron chi connectivity index (χ4n) is 1.05. The van der Waals surface area contributed by atoms with Crippen LogP contribution in [-0.4, -0.2) is 38.0 Å². The van der Waals surface area contributed by atoms with Gasteiger partial charge < -0.3 is 4.48 Å². The number of likely N-dealkylation sites (N-methyl/N-ethyl adjacent to an activating group) is 1. The molecule has 0 spiro atoms. The Kier molecular flexibility index (Phi) is 3.73. The first-order chi connectivity index (χ1) is 4.81. The molecule has 0 unspecified atom stereocenters. The zero-order valence-electron chi connectivity index (χ0n) is 8.35. The van der Waals surface area contributed by atoms with Crippen molar-refractivity contribution in [1.82, 2.24) is 0 Å². The zero-order chi connectivity index (χ0) is 9.07. The molecule has 0 bridgehead atoms. The third kappa shape index (κ3) is 7.53. The molecule has 66 valence electrons. The largest absolute Gasteiger partial charge is 0.325 e. The zero-order valence-corrected chi connectivity index (χ0v) is 8.35. The Hall–Kier alpha value is -0.370. The van der Waals surface area contributed by atoms with Crippen LogP contribution in [-0.2, 0) is 4.79 Å². The van der Waals surface area contributed by atoms with Gasteiger partial charge in [-0.3, -0.25) is 4.79 Å². The maximum absolute atomic E-state index is 11.3. The third-order valence-corrected chi connectivity index (χ3v) is 1.29. The molecule has 0 aromatic rings. The highest BCUT2D eigenvalue weighted by Gasteiger charge is 2.14. The average Bonchev–Trinajstić information content (AvgIpc) is 1.53. The lowest BCUT2D eigenvalue weighted by Crippen LogP contribution is -2.39. The number of ketones is 1. The van der Waals surface area contributed by atoms with Crippen molar-refractivity contribution in [2.75, 3.05) is 27.7 Å². The summed E-state index contributed by atoms with van der Waals surface area (Å²) in [5.74, 6) is 0.863. The summed E-state index contributed by atoms with van der Waals surface area (Å²) in [5, 5.41) is 0. The second-order valence-electron chi connectivity index (χ2n) is 4.59. The van der Waals surface area contributed by atoms with E-state index in [0.717, 1.165) is 10.9 Å². The normalized spacial score (nSPS) is 12.2. The second-order valence-corrected chi connectivity index (χ2v) is 4.59. The van der Waals surface area contributed by atoms with Crippen LogP contribution in [0.4, 0.5) is 0 Å². The van der Waals surface area contributed by atoms with Gasteiger partial charge in [0.25, 0.3) is 0 Å². The molecule has 0 N–H and O–H groups in total. The van der Waals surface area contributed by atoms with E-state index in [9.17, 15) is 4.79 Å². The molecule has 0 atom stereocenters. The van der Waals surface area contributed by atoms with Gasteiger partial charge in [0, 0.05) is 6.42 Å². The molecule has 0 saturated heterocycles. The van der Waals surface area contributed by atoms with E-state index in [1.54, 1.807) is 0 Å². The van der Waals surface area contributed by atoms with Crippen molar-refractivity contribution in [3.05, 3.63) is 0 Å². The van der Waals surface area contributed by atoms with Crippen LogP contribution in [0.3, 0.4) is 0 Å². The summed E-state index contributed by atoms with van der Waals surface area (Å²) in [6.45, 7) is 4.80. The maximum atomic E-state index is 11.3. The van der Waals surface area contributed by atoms with Gasteiger partial charge in [0.05, 0.1) is 21.1 Å². The van der Waals surface area contributed by atoms with E-state index in [1.165, 1.54) is 0 Å². The minimum Gasteiger partial charge on any atom is -0.325 e. The van der Waals surface area contributed by atoms with Gasteiger partial charge in [-0.1, -0.05) is 13.8 Å². The van der Waals surface area contributed by atoms with Gasteiger partial charge >= 0.3 is 0 Å². The molecule has 0 rings (SSSR count). The molecule has 0 saturated carbocycles. The SMILES string of the molecule is CC(C)CC(=O)C[N+](C)(C)C. The van der Waals surface area contributed by atoms with E-state index in [1.807, 2.05) is 21.1 Å². The van der Waals surface area contributed by atoms with Crippen molar-refractivity contribution in [2.24, 2.45) is 5.92 Å². The number of rotatable bonds is 4. The molecule has 0 aliphatic rings. The predicted molar refractivity (Wildman–Crippen MR) is 47.4 cm³/mol. The highest BCUT2D eigenvalue weighted by atomic mass is 16.1. The van der Waals surface area contributed by atoms with Crippen LogP contribution in [0.5, 0.6) is 0 Å². The first kappa shape index (κ1) is 10.6. The topological polar surface area (TPSA) is 17.1 Å². The number of quaternary nitrogens is 1. The first-order valence-electron chi connectivity index (χ1n) is 4.13. The molecule has 11 heavy (non-hydrogen) atoms. The predicted octanol–water partition coefficient (Wildman–Crippen LogP) is 1.31. The fraction of sp³-hybridized carbons (Fsp3) is 0.889. The van der Waals surface area contributed by atoms with Gasteiger partial charge in [-0.05, 0) is 5.92 Å². The minimum atomic E-state index is 0.368. The van der Waals surface area contributed by atoms with Crippen molar-refractivity contribution in [2.45, 2.75) is 20.3 Å². The van der Waals surface area contributed by atoms with Crippen LogP contribution in [0.25, 0.3) is 0 Å². The molecule has 2 heteroatoms. The Labute approximate surface area is 69.8 Å². The molecule has 0 aliphatic carbocycles. The van der Waals surface area contributed by atoms with Crippen LogP contribution >= 0.6 is 0 Å². The lowest BCUT2D eigenvalue weighted by atomic mass is 10.1. The van der Waals surface area contributed by atoms with Crippen LogP contribution in [0.2, 0.25) is 0 Å². The number of carbonyl (C=O) groups is 1. The molecule has 0 aromatic carbocycles. The van der Waals surface area contributed by atoms with Crippen LogP contribution < -0.4 is 0 Å². The third-order valence-electron chi connectivity index (χ3n) is 1.29. The molecular weight excluding hydrogens is 138 g/mol. The van der Waals surface area contributed by atoms with Crippen molar-refractivity contribution in [3.8, 4) is 0 Å². The second kappa shape index (κ2) is 3.86. The molecule has 0 heterocycles. The highest BCUT2D eigenvalue weighted by Crippen LogP contribution is 2.02. The Morgan fingerprint density at radius 2 is 1.73 bits per heavy atom. The van der Waals surface area contributed by atoms with Gasteiger partial charge in [-0.25, -0.2) is 0 Å². The molecule has 0 aromatic heterocycles. The van der Waals surface area contributed by atoms with Crippen molar-refractivity contribution in [1.29, 1.82) is 0 Å². The van der Waals surface area contributed by atoms with E-state index in [4.69, 9.17) is 0 Å².